The first-order chi connectivity index (χ1) is 16.0. The molecule has 8 nitrogen and oxygen atoms in total. The summed E-state index contributed by atoms with van der Waals surface area (Å²) in [5.74, 6) is 0.660. The van der Waals surface area contributed by atoms with Crippen LogP contribution in [0.3, 0.4) is 0 Å². The van der Waals surface area contributed by atoms with Crippen molar-refractivity contribution in [3.63, 3.8) is 0 Å². The van der Waals surface area contributed by atoms with Crippen molar-refractivity contribution in [1.82, 2.24) is 25.1 Å². The zero-order valence-electron chi connectivity index (χ0n) is 19.4. The highest BCUT2D eigenvalue weighted by atomic mass is 16.2. The van der Waals surface area contributed by atoms with Crippen LogP contribution in [0.4, 0.5) is 10.5 Å². The molecule has 1 aliphatic heterocycles. The number of anilines is 1. The Bertz CT molecular complexity index is 1150. The van der Waals surface area contributed by atoms with Crippen molar-refractivity contribution in [1.29, 1.82) is 0 Å². The number of rotatable bonds is 7. The predicted octanol–water partition coefficient (Wildman–Crippen LogP) is 2.59. The molecular formula is C25H32N6O2. The van der Waals surface area contributed by atoms with Gasteiger partial charge in [0.2, 0.25) is 0 Å². The third kappa shape index (κ3) is 5.51. The van der Waals surface area contributed by atoms with Gasteiger partial charge in [-0.3, -0.25) is 9.69 Å². The molecule has 2 aromatic carbocycles. The van der Waals surface area contributed by atoms with Gasteiger partial charge < -0.3 is 20.1 Å². The molecule has 174 valence electrons. The molecule has 1 aliphatic rings. The minimum atomic E-state index is -0.111. The van der Waals surface area contributed by atoms with Crippen LogP contribution in [-0.2, 0) is 6.54 Å². The van der Waals surface area contributed by atoms with E-state index in [1.54, 1.807) is 6.07 Å². The molecule has 4 rings (SSSR count). The number of aromatic nitrogens is 2. The van der Waals surface area contributed by atoms with Crippen molar-refractivity contribution >= 4 is 22.6 Å². The number of aryl methyl sites for hydroxylation is 1. The smallest absolute Gasteiger partial charge is 0.317 e. The number of para-hydroxylation sites is 2. The normalized spacial score (nSPS) is 14.4. The highest BCUT2D eigenvalue weighted by Gasteiger charge is 2.21. The molecule has 0 atom stereocenters. The van der Waals surface area contributed by atoms with E-state index in [-0.39, 0.29) is 11.6 Å². The van der Waals surface area contributed by atoms with Crippen LogP contribution in [0.15, 0.2) is 53.3 Å². The summed E-state index contributed by atoms with van der Waals surface area (Å²) in [5.41, 5.74) is 3.05. The van der Waals surface area contributed by atoms with Gasteiger partial charge in [-0.2, -0.15) is 0 Å². The Morgan fingerprint density at radius 1 is 1.09 bits per heavy atom. The van der Waals surface area contributed by atoms with E-state index in [2.05, 4.69) is 51.1 Å². The number of hydrogen-bond acceptors (Lipinski definition) is 5. The molecule has 0 radical (unpaired) electrons. The van der Waals surface area contributed by atoms with E-state index in [9.17, 15) is 9.59 Å². The number of H-pyrrole nitrogens is 1. The summed E-state index contributed by atoms with van der Waals surface area (Å²) in [4.78, 5) is 38.8. The van der Waals surface area contributed by atoms with Gasteiger partial charge in [-0.15, -0.1) is 0 Å². The standard InChI is InChI=1S/C25H32N6O2/c1-3-30(22-11-7-4-8-19(22)2)13-12-26-25(33)31-16-14-29(15-17-31)18-23-27-21-10-6-5-9-20(21)24(32)28-23/h4-11H,3,12-18H2,1-2H3,(H,26,33)(H,27,28,32). The summed E-state index contributed by atoms with van der Waals surface area (Å²) in [7, 11) is 0. The predicted molar refractivity (Wildman–Crippen MR) is 132 cm³/mol. The average molecular weight is 449 g/mol. The lowest BCUT2D eigenvalue weighted by molar-refractivity contribution is 0.133. The second kappa shape index (κ2) is 10.5. The zero-order chi connectivity index (χ0) is 23.2. The fourth-order valence-electron chi connectivity index (χ4n) is 4.31. The molecule has 2 heterocycles. The van der Waals surface area contributed by atoms with Gasteiger partial charge in [-0.05, 0) is 37.6 Å². The van der Waals surface area contributed by atoms with E-state index in [0.717, 1.165) is 26.2 Å². The molecule has 8 heteroatoms. The number of fused-ring (bicyclic) bond motifs is 1. The van der Waals surface area contributed by atoms with Crippen molar-refractivity contribution in [2.45, 2.75) is 20.4 Å². The number of urea groups is 1. The fourth-order valence-corrected chi connectivity index (χ4v) is 4.31. The number of likely N-dealkylation sites (N-methyl/N-ethyl adjacent to an activating group) is 1. The number of amides is 2. The van der Waals surface area contributed by atoms with Crippen molar-refractivity contribution in [3.8, 4) is 0 Å². The van der Waals surface area contributed by atoms with Crippen LogP contribution in [0, 0.1) is 6.92 Å². The lowest BCUT2D eigenvalue weighted by Crippen LogP contribution is -2.52. The summed E-state index contributed by atoms with van der Waals surface area (Å²) < 4.78 is 0. The molecule has 0 bridgehead atoms. The van der Waals surface area contributed by atoms with Crippen molar-refractivity contribution < 1.29 is 4.79 Å². The van der Waals surface area contributed by atoms with Gasteiger partial charge in [0.05, 0.1) is 17.4 Å². The van der Waals surface area contributed by atoms with Crippen molar-refractivity contribution in [2.75, 3.05) is 50.7 Å². The fraction of sp³-hybridized carbons (Fsp3) is 0.400. The molecule has 0 saturated carbocycles. The molecule has 2 amide bonds. The first-order valence-electron chi connectivity index (χ1n) is 11.6. The van der Waals surface area contributed by atoms with Crippen LogP contribution in [-0.4, -0.2) is 71.6 Å². The minimum Gasteiger partial charge on any atom is -0.370 e. The maximum absolute atomic E-state index is 12.6. The summed E-state index contributed by atoms with van der Waals surface area (Å²) in [6.07, 6.45) is 0. The van der Waals surface area contributed by atoms with Crippen LogP contribution in [0.25, 0.3) is 10.9 Å². The third-order valence-electron chi connectivity index (χ3n) is 6.19. The Balaban J connectivity index is 1.24. The summed E-state index contributed by atoms with van der Waals surface area (Å²) in [5, 5.41) is 3.67. The number of benzene rings is 2. The van der Waals surface area contributed by atoms with Crippen LogP contribution >= 0.6 is 0 Å². The quantitative estimate of drug-likeness (QED) is 0.580. The summed E-state index contributed by atoms with van der Waals surface area (Å²) >= 11 is 0. The second-order valence-corrected chi connectivity index (χ2v) is 8.39. The van der Waals surface area contributed by atoms with Gasteiger partial charge >= 0.3 is 6.03 Å². The number of carbonyl (C=O) groups excluding carboxylic acids is 1. The molecular weight excluding hydrogens is 416 g/mol. The van der Waals surface area contributed by atoms with E-state index >= 15 is 0 Å². The van der Waals surface area contributed by atoms with Gasteiger partial charge in [0.25, 0.3) is 5.56 Å². The lowest BCUT2D eigenvalue weighted by atomic mass is 10.2. The Morgan fingerprint density at radius 2 is 1.82 bits per heavy atom. The van der Waals surface area contributed by atoms with Crippen LogP contribution in [0.5, 0.6) is 0 Å². The molecule has 0 unspecified atom stereocenters. The molecule has 1 saturated heterocycles. The monoisotopic (exact) mass is 448 g/mol. The number of piperazine rings is 1. The summed E-state index contributed by atoms with van der Waals surface area (Å²) in [6, 6.07) is 15.7. The molecule has 0 aliphatic carbocycles. The Hall–Kier alpha value is -3.39. The van der Waals surface area contributed by atoms with E-state index in [1.165, 1.54) is 11.3 Å². The van der Waals surface area contributed by atoms with E-state index < -0.39 is 0 Å². The SMILES string of the molecule is CCN(CCNC(=O)N1CCN(Cc2nc3ccccc3c(=O)[nH]2)CC1)c1ccccc1C. The molecule has 2 N–H and O–H groups in total. The number of carbonyl (C=O) groups is 1. The molecule has 1 aromatic heterocycles. The first-order valence-corrected chi connectivity index (χ1v) is 11.6. The molecule has 0 spiro atoms. The van der Waals surface area contributed by atoms with E-state index in [1.807, 2.05) is 35.2 Å². The minimum absolute atomic E-state index is 0.0206. The third-order valence-corrected chi connectivity index (χ3v) is 6.19. The Morgan fingerprint density at radius 3 is 2.58 bits per heavy atom. The van der Waals surface area contributed by atoms with Gasteiger partial charge in [0.1, 0.15) is 5.82 Å². The van der Waals surface area contributed by atoms with Crippen molar-refractivity contribution in [3.05, 3.63) is 70.3 Å². The maximum Gasteiger partial charge on any atom is 0.317 e. The van der Waals surface area contributed by atoms with Gasteiger partial charge in [0.15, 0.2) is 0 Å². The molecule has 1 fully saturated rings. The Kier molecular flexibility index (Phi) is 7.24. The summed E-state index contributed by atoms with van der Waals surface area (Å²) in [6.45, 7) is 9.86. The number of hydrogen-bond donors (Lipinski definition) is 2. The number of nitrogens with zero attached hydrogens (tertiary/aromatic N) is 4. The second-order valence-electron chi connectivity index (χ2n) is 8.39. The number of nitrogens with one attached hydrogen (secondary N) is 2. The van der Waals surface area contributed by atoms with Crippen LogP contribution < -0.4 is 15.8 Å². The first kappa shape index (κ1) is 22.8. The number of aromatic amines is 1. The lowest BCUT2D eigenvalue weighted by Gasteiger charge is -2.34. The zero-order valence-corrected chi connectivity index (χ0v) is 19.4. The Labute approximate surface area is 194 Å². The largest absolute Gasteiger partial charge is 0.370 e. The topological polar surface area (TPSA) is 84.6 Å². The van der Waals surface area contributed by atoms with Crippen LogP contribution in [0.1, 0.15) is 18.3 Å². The van der Waals surface area contributed by atoms with Crippen LogP contribution in [0.2, 0.25) is 0 Å². The molecule has 3 aromatic rings. The van der Waals surface area contributed by atoms with E-state index in [0.29, 0.717) is 42.9 Å². The highest BCUT2D eigenvalue weighted by molar-refractivity contribution is 5.77. The highest BCUT2D eigenvalue weighted by Crippen LogP contribution is 2.18. The maximum atomic E-state index is 12.6. The van der Waals surface area contributed by atoms with Crippen molar-refractivity contribution in [2.24, 2.45) is 0 Å². The van der Waals surface area contributed by atoms with Gasteiger partial charge in [0, 0.05) is 51.5 Å². The average Bonchev–Trinajstić information content (AvgIpc) is 2.83. The van der Waals surface area contributed by atoms with Gasteiger partial charge in [-0.1, -0.05) is 30.3 Å². The van der Waals surface area contributed by atoms with Gasteiger partial charge in [-0.25, -0.2) is 9.78 Å². The molecule has 33 heavy (non-hydrogen) atoms. The van der Waals surface area contributed by atoms with E-state index in [4.69, 9.17) is 0 Å².